The number of rotatable bonds is 7. The molecule has 1 unspecified atom stereocenters. The van der Waals surface area contributed by atoms with E-state index in [1.807, 2.05) is 36.4 Å². The summed E-state index contributed by atoms with van der Waals surface area (Å²) in [5, 5.41) is 6.75. The summed E-state index contributed by atoms with van der Waals surface area (Å²) in [6, 6.07) is 14.2. The van der Waals surface area contributed by atoms with E-state index in [2.05, 4.69) is 40.7 Å². The zero-order valence-electron chi connectivity index (χ0n) is 17.3. The van der Waals surface area contributed by atoms with Crippen LogP contribution in [0, 0.1) is 0 Å². The number of methoxy groups -OCH3 is 1. The first kappa shape index (κ1) is 23.1. The Bertz CT molecular complexity index is 829. The average Bonchev–Trinajstić information content (AvgIpc) is 3.18. The maximum atomic E-state index is 5.53. The Morgan fingerprint density at radius 2 is 1.90 bits per heavy atom. The van der Waals surface area contributed by atoms with Gasteiger partial charge in [-0.05, 0) is 37.9 Å². The predicted molar refractivity (Wildman–Crippen MR) is 126 cm³/mol. The Labute approximate surface area is 189 Å². The summed E-state index contributed by atoms with van der Waals surface area (Å²) in [4.78, 5) is 6.49. The van der Waals surface area contributed by atoms with Gasteiger partial charge >= 0.3 is 0 Å². The van der Waals surface area contributed by atoms with Gasteiger partial charge in [-0.1, -0.05) is 24.3 Å². The minimum atomic E-state index is 0. The van der Waals surface area contributed by atoms with Crippen LogP contribution in [0.5, 0.6) is 17.2 Å². The van der Waals surface area contributed by atoms with Crippen LogP contribution in [-0.2, 0) is 6.54 Å². The number of hydrogen-bond acceptors (Lipinski definition) is 5. The van der Waals surface area contributed by atoms with Gasteiger partial charge in [-0.25, -0.2) is 0 Å². The second kappa shape index (κ2) is 11.1. The molecule has 8 heteroatoms. The molecular formula is C21H29IN4O3. The van der Waals surface area contributed by atoms with E-state index in [0.29, 0.717) is 13.1 Å². The molecular weight excluding hydrogens is 483 g/mol. The monoisotopic (exact) mass is 512 g/mol. The molecule has 0 saturated carbocycles. The van der Waals surface area contributed by atoms with Crippen molar-refractivity contribution in [2.24, 2.45) is 4.99 Å². The maximum absolute atomic E-state index is 5.53. The molecule has 0 bridgehead atoms. The highest BCUT2D eigenvalue weighted by atomic mass is 127. The molecule has 158 valence electrons. The molecule has 3 rings (SSSR count). The number of aliphatic imine (C=N–C) groups is 1. The second-order valence-electron chi connectivity index (χ2n) is 6.72. The Hall–Kier alpha value is -2.20. The Morgan fingerprint density at radius 3 is 2.62 bits per heavy atom. The van der Waals surface area contributed by atoms with Gasteiger partial charge in [0.1, 0.15) is 5.75 Å². The predicted octanol–water partition coefficient (Wildman–Crippen LogP) is 3.01. The minimum absolute atomic E-state index is 0. The van der Waals surface area contributed by atoms with Crippen molar-refractivity contribution in [2.75, 3.05) is 41.6 Å². The van der Waals surface area contributed by atoms with Crippen molar-refractivity contribution < 1.29 is 14.2 Å². The third-order valence-electron chi connectivity index (χ3n) is 4.70. The van der Waals surface area contributed by atoms with Crippen molar-refractivity contribution in [3.05, 3.63) is 53.6 Å². The number of guanidine groups is 1. The van der Waals surface area contributed by atoms with E-state index in [9.17, 15) is 0 Å². The van der Waals surface area contributed by atoms with Gasteiger partial charge in [-0.3, -0.25) is 4.99 Å². The highest BCUT2D eigenvalue weighted by molar-refractivity contribution is 14.0. The summed E-state index contributed by atoms with van der Waals surface area (Å²) in [5.41, 5.74) is 2.23. The molecule has 29 heavy (non-hydrogen) atoms. The average molecular weight is 512 g/mol. The van der Waals surface area contributed by atoms with Crippen LogP contribution in [0.15, 0.2) is 47.5 Å². The zero-order chi connectivity index (χ0) is 19.9. The first-order valence-corrected chi connectivity index (χ1v) is 9.24. The molecule has 2 aromatic carbocycles. The number of halogens is 1. The molecule has 1 aliphatic rings. The van der Waals surface area contributed by atoms with E-state index < -0.39 is 0 Å². The molecule has 0 aromatic heterocycles. The molecule has 2 aromatic rings. The molecule has 1 aliphatic heterocycles. The lowest BCUT2D eigenvalue weighted by molar-refractivity contribution is 0.174. The van der Waals surface area contributed by atoms with Crippen LogP contribution in [0.25, 0.3) is 0 Å². The van der Waals surface area contributed by atoms with Crippen molar-refractivity contribution in [3.8, 4) is 17.2 Å². The van der Waals surface area contributed by atoms with Crippen LogP contribution < -0.4 is 24.8 Å². The van der Waals surface area contributed by atoms with Crippen molar-refractivity contribution in [1.82, 2.24) is 15.5 Å². The van der Waals surface area contributed by atoms with Crippen LogP contribution in [0.1, 0.15) is 17.2 Å². The van der Waals surface area contributed by atoms with Gasteiger partial charge in [0, 0.05) is 25.7 Å². The van der Waals surface area contributed by atoms with Crippen LogP contribution in [0.3, 0.4) is 0 Å². The van der Waals surface area contributed by atoms with E-state index in [1.54, 1.807) is 14.2 Å². The van der Waals surface area contributed by atoms with Gasteiger partial charge in [-0.2, -0.15) is 0 Å². The molecule has 0 fully saturated rings. The fourth-order valence-corrected chi connectivity index (χ4v) is 3.16. The molecule has 0 aliphatic carbocycles. The van der Waals surface area contributed by atoms with Crippen LogP contribution in [0.2, 0.25) is 0 Å². The number of ether oxygens (including phenoxy) is 3. The summed E-state index contributed by atoms with van der Waals surface area (Å²) in [6.45, 7) is 1.61. The lowest BCUT2D eigenvalue weighted by Gasteiger charge is -2.27. The van der Waals surface area contributed by atoms with Crippen LogP contribution >= 0.6 is 24.0 Å². The Morgan fingerprint density at radius 1 is 1.14 bits per heavy atom. The van der Waals surface area contributed by atoms with Crippen LogP contribution in [-0.4, -0.2) is 52.4 Å². The first-order chi connectivity index (χ1) is 13.6. The quantitative estimate of drug-likeness (QED) is 0.338. The smallest absolute Gasteiger partial charge is 0.231 e. The van der Waals surface area contributed by atoms with E-state index in [4.69, 9.17) is 14.2 Å². The van der Waals surface area contributed by atoms with Gasteiger partial charge < -0.3 is 29.7 Å². The van der Waals surface area contributed by atoms with Crippen molar-refractivity contribution in [1.29, 1.82) is 0 Å². The molecule has 0 radical (unpaired) electrons. The first-order valence-electron chi connectivity index (χ1n) is 9.24. The molecule has 1 heterocycles. The van der Waals surface area contributed by atoms with Gasteiger partial charge in [0.15, 0.2) is 17.5 Å². The van der Waals surface area contributed by atoms with Gasteiger partial charge in [-0.15, -0.1) is 24.0 Å². The number of likely N-dealkylation sites (N-methyl/N-ethyl adjacent to an activating group) is 1. The molecule has 2 N–H and O–H groups in total. The maximum Gasteiger partial charge on any atom is 0.231 e. The summed E-state index contributed by atoms with van der Waals surface area (Å²) >= 11 is 0. The number of para-hydroxylation sites is 1. The highest BCUT2D eigenvalue weighted by Gasteiger charge is 2.18. The van der Waals surface area contributed by atoms with Crippen molar-refractivity contribution in [2.45, 2.75) is 12.6 Å². The Kier molecular flexibility index (Phi) is 8.84. The van der Waals surface area contributed by atoms with E-state index in [-0.39, 0.29) is 36.8 Å². The van der Waals surface area contributed by atoms with Gasteiger partial charge in [0.05, 0.1) is 13.2 Å². The zero-order valence-corrected chi connectivity index (χ0v) is 19.6. The third kappa shape index (κ3) is 5.89. The number of nitrogens with zero attached hydrogens (tertiary/aromatic N) is 2. The summed E-state index contributed by atoms with van der Waals surface area (Å²) in [7, 11) is 7.58. The normalized spacial score (nSPS) is 13.6. The van der Waals surface area contributed by atoms with Crippen molar-refractivity contribution >= 4 is 29.9 Å². The van der Waals surface area contributed by atoms with Gasteiger partial charge in [0.25, 0.3) is 0 Å². The van der Waals surface area contributed by atoms with Crippen LogP contribution in [0.4, 0.5) is 0 Å². The number of nitrogens with one attached hydrogen (secondary N) is 2. The minimum Gasteiger partial charge on any atom is -0.496 e. The Balaban J connectivity index is 0.00000300. The third-order valence-corrected chi connectivity index (χ3v) is 4.70. The topological polar surface area (TPSA) is 67.4 Å². The van der Waals surface area contributed by atoms with E-state index in [1.165, 1.54) is 0 Å². The highest BCUT2D eigenvalue weighted by Crippen LogP contribution is 2.32. The molecule has 1 atom stereocenters. The lowest BCUT2D eigenvalue weighted by atomic mass is 10.0. The fourth-order valence-electron chi connectivity index (χ4n) is 3.16. The second-order valence-corrected chi connectivity index (χ2v) is 6.72. The largest absolute Gasteiger partial charge is 0.496 e. The lowest BCUT2D eigenvalue weighted by Crippen LogP contribution is -2.41. The molecule has 0 saturated heterocycles. The molecule has 0 spiro atoms. The number of fused-ring (bicyclic) bond motifs is 1. The molecule has 7 nitrogen and oxygen atoms in total. The number of benzene rings is 2. The SMILES string of the molecule is CN=C(NCc1ccc2c(c1)OCO2)NCC(c1ccccc1OC)N(C)C.I. The standard InChI is InChI=1S/C21H28N4O3.HI/c1-22-21(23-12-15-9-10-19-20(11-15)28-14-27-19)24-13-17(25(2)3)16-7-5-6-8-18(16)26-4;/h5-11,17H,12-14H2,1-4H3,(H2,22,23,24);1H. The summed E-state index contributed by atoms with van der Waals surface area (Å²) in [5.74, 6) is 3.19. The molecule has 0 amide bonds. The fraction of sp³-hybridized carbons (Fsp3) is 0.381. The number of hydrogen-bond donors (Lipinski definition) is 2. The van der Waals surface area contributed by atoms with Crippen molar-refractivity contribution in [3.63, 3.8) is 0 Å². The van der Waals surface area contributed by atoms with E-state index >= 15 is 0 Å². The summed E-state index contributed by atoms with van der Waals surface area (Å²) < 4.78 is 16.3. The summed E-state index contributed by atoms with van der Waals surface area (Å²) in [6.07, 6.45) is 0. The van der Waals surface area contributed by atoms with Gasteiger partial charge in [0.2, 0.25) is 6.79 Å². The van der Waals surface area contributed by atoms with E-state index in [0.717, 1.165) is 34.3 Å².